The summed E-state index contributed by atoms with van der Waals surface area (Å²) in [6, 6.07) is 0. The third-order valence-corrected chi connectivity index (χ3v) is 6.28. The molecule has 0 amide bonds. The van der Waals surface area contributed by atoms with E-state index in [0.29, 0.717) is 6.42 Å². The molecule has 1 saturated heterocycles. The molecule has 0 saturated carbocycles. The first-order valence-electron chi connectivity index (χ1n) is 13.1. The molecule has 1 heterocycles. The maximum absolute atomic E-state index is 11.4. The van der Waals surface area contributed by atoms with Crippen LogP contribution in [-0.4, -0.2) is 11.9 Å². The average molecular weight is 421 g/mol. The Morgan fingerprint density at radius 1 is 0.667 bits per heavy atom. The Morgan fingerprint density at radius 2 is 1.10 bits per heavy atom. The molecular weight excluding hydrogens is 372 g/mol. The van der Waals surface area contributed by atoms with Crippen molar-refractivity contribution in [3.8, 4) is 0 Å². The van der Waals surface area contributed by atoms with Crippen LogP contribution in [-0.2, 0) is 14.3 Å². The summed E-state index contributed by atoms with van der Waals surface area (Å²) in [4.78, 5) is 22.4. The van der Waals surface area contributed by atoms with Crippen LogP contribution in [0.4, 0.5) is 0 Å². The van der Waals surface area contributed by atoms with Crippen LogP contribution in [0.15, 0.2) is 12.2 Å². The molecule has 0 radical (unpaired) electrons. The van der Waals surface area contributed by atoms with Gasteiger partial charge in [0.25, 0.3) is 0 Å². The van der Waals surface area contributed by atoms with E-state index in [-0.39, 0.29) is 17.9 Å². The summed E-state index contributed by atoms with van der Waals surface area (Å²) in [6.07, 6.45) is 31.2. The molecule has 0 aromatic rings. The normalized spacial score (nSPS) is 16.6. The minimum Gasteiger partial charge on any atom is -0.393 e. The zero-order valence-corrected chi connectivity index (χ0v) is 19.8. The predicted molar refractivity (Wildman–Crippen MR) is 126 cm³/mol. The number of carbonyl (C=O) groups excluding carboxylic acids is 2. The van der Waals surface area contributed by atoms with Crippen LogP contribution in [0.2, 0.25) is 0 Å². The van der Waals surface area contributed by atoms with Crippen molar-refractivity contribution in [3.05, 3.63) is 12.2 Å². The molecule has 0 aliphatic carbocycles. The Bertz CT molecular complexity index is 455. The Labute approximate surface area is 186 Å². The Morgan fingerprint density at radius 3 is 1.53 bits per heavy atom. The third-order valence-electron chi connectivity index (χ3n) is 6.28. The van der Waals surface area contributed by atoms with E-state index in [1.807, 2.05) is 0 Å². The van der Waals surface area contributed by atoms with Gasteiger partial charge in [-0.15, -0.1) is 0 Å². The van der Waals surface area contributed by atoms with Gasteiger partial charge in [0.15, 0.2) is 0 Å². The summed E-state index contributed by atoms with van der Waals surface area (Å²) < 4.78 is 4.59. The maximum Gasteiger partial charge on any atom is 0.317 e. The SMILES string of the molecule is CCCCCCCCCCCC=CCCCCCCCCCCC1CC(=O)OC1=O. The Kier molecular flexibility index (Phi) is 17.8. The molecule has 1 aliphatic heterocycles. The second kappa shape index (κ2) is 19.8. The van der Waals surface area contributed by atoms with Crippen LogP contribution in [0.25, 0.3) is 0 Å². The highest BCUT2D eigenvalue weighted by Crippen LogP contribution is 2.22. The van der Waals surface area contributed by atoms with Crippen molar-refractivity contribution in [1.82, 2.24) is 0 Å². The van der Waals surface area contributed by atoms with E-state index in [0.717, 1.165) is 12.8 Å². The summed E-state index contributed by atoms with van der Waals surface area (Å²) in [5, 5.41) is 0. The monoisotopic (exact) mass is 420 g/mol. The van der Waals surface area contributed by atoms with Crippen LogP contribution in [0.3, 0.4) is 0 Å². The Balaban J connectivity index is 1.72. The lowest BCUT2D eigenvalue weighted by Gasteiger charge is -2.04. The zero-order valence-electron chi connectivity index (χ0n) is 19.8. The summed E-state index contributed by atoms with van der Waals surface area (Å²) in [5.41, 5.74) is 0. The molecule has 0 N–H and O–H groups in total. The van der Waals surface area contributed by atoms with E-state index < -0.39 is 0 Å². The van der Waals surface area contributed by atoms with Gasteiger partial charge in [0, 0.05) is 0 Å². The highest BCUT2D eigenvalue weighted by molar-refractivity contribution is 5.94. The second-order valence-electron chi connectivity index (χ2n) is 9.19. The van der Waals surface area contributed by atoms with Gasteiger partial charge in [-0.3, -0.25) is 9.59 Å². The van der Waals surface area contributed by atoms with Crippen LogP contribution < -0.4 is 0 Å². The molecule has 1 fully saturated rings. The fourth-order valence-electron chi connectivity index (χ4n) is 4.26. The molecule has 30 heavy (non-hydrogen) atoms. The van der Waals surface area contributed by atoms with E-state index >= 15 is 0 Å². The first-order valence-corrected chi connectivity index (χ1v) is 13.1. The van der Waals surface area contributed by atoms with Crippen LogP contribution in [0.5, 0.6) is 0 Å². The van der Waals surface area contributed by atoms with Crippen molar-refractivity contribution in [2.75, 3.05) is 0 Å². The third kappa shape index (κ3) is 15.7. The molecule has 174 valence electrons. The topological polar surface area (TPSA) is 43.4 Å². The highest BCUT2D eigenvalue weighted by Gasteiger charge is 2.32. The van der Waals surface area contributed by atoms with Gasteiger partial charge in [0.2, 0.25) is 0 Å². The lowest BCUT2D eigenvalue weighted by atomic mass is 9.99. The number of carbonyl (C=O) groups is 2. The number of rotatable bonds is 21. The molecule has 0 bridgehead atoms. The molecule has 1 aliphatic rings. The van der Waals surface area contributed by atoms with E-state index in [4.69, 9.17) is 0 Å². The fraction of sp³-hybridized carbons (Fsp3) is 0.852. The molecule has 1 rings (SSSR count). The largest absolute Gasteiger partial charge is 0.393 e. The van der Waals surface area contributed by atoms with Crippen molar-refractivity contribution >= 4 is 11.9 Å². The average Bonchev–Trinajstić information content (AvgIpc) is 3.06. The summed E-state index contributed by atoms with van der Waals surface area (Å²) >= 11 is 0. The van der Waals surface area contributed by atoms with Gasteiger partial charge in [-0.2, -0.15) is 0 Å². The smallest absolute Gasteiger partial charge is 0.317 e. The maximum atomic E-state index is 11.4. The number of hydrogen-bond acceptors (Lipinski definition) is 3. The number of cyclic esters (lactones) is 2. The lowest BCUT2D eigenvalue weighted by Crippen LogP contribution is -2.06. The standard InChI is InChI=1S/C27H48O3/c1-2-3-4-5-6-7-8-9-10-11-12-13-14-15-16-17-18-19-20-21-22-23-25-24-26(28)30-27(25)29/h12-13,25H,2-11,14-24H2,1H3. The van der Waals surface area contributed by atoms with Gasteiger partial charge in [-0.05, 0) is 32.1 Å². The first kappa shape index (κ1) is 26.9. The molecular formula is C27H48O3. The van der Waals surface area contributed by atoms with Crippen molar-refractivity contribution < 1.29 is 14.3 Å². The number of esters is 2. The number of hydrogen-bond donors (Lipinski definition) is 0. The summed E-state index contributed by atoms with van der Waals surface area (Å²) in [6.45, 7) is 2.28. The molecule has 1 atom stereocenters. The van der Waals surface area contributed by atoms with Gasteiger partial charge in [0.1, 0.15) is 0 Å². The van der Waals surface area contributed by atoms with Gasteiger partial charge in [-0.1, -0.05) is 115 Å². The van der Waals surface area contributed by atoms with E-state index in [1.54, 1.807) is 0 Å². The minimum absolute atomic E-state index is 0.161. The Hall–Kier alpha value is -1.12. The van der Waals surface area contributed by atoms with E-state index in [9.17, 15) is 9.59 Å². The molecule has 3 nitrogen and oxygen atoms in total. The van der Waals surface area contributed by atoms with Crippen LogP contribution in [0.1, 0.15) is 142 Å². The van der Waals surface area contributed by atoms with Gasteiger partial charge < -0.3 is 4.74 Å². The van der Waals surface area contributed by atoms with Crippen molar-refractivity contribution in [2.24, 2.45) is 5.92 Å². The van der Waals surface area contributed by atoms with Gasteiger partial charge in [0.05, 0.1) is 12.3 Å². The number of unbranched alkanes of at least 4 members (excludes halogenated alkanes) is 17. The van der Waals surface area contributed by atoms with Gasteiger partial charge >= 0.3 is 11.9 Å². The quantitative estimate of drug-likeness (QED) is 0.0809. The summed E-state index contributed by atoms with van der Waals surface area (Å²) in [7, 11) is 0. The van der Waals surface area contributed by atoms with Crippen molar-refractivity contribution in [2.45, 2.75) is 142 Å². The molecule has 1 unspecified atom stereocenters. The van der Waals surface area contributed by atoms with Gasteiger partial charge in [-0.25, -0.2) is 0 Å². The highest BCUT2D eigenvalue weighted by atomic mass is 16.6. The fourth-order valence-corrected chi connectivity index (χ4v) is 4.26. The van der Waals surface area contributed by atoms with Crippen molar-refractivity contribution in [1.29, 1.82) is 0 Å². The van der Waals surface area contributed by atoms with E-state index in [2.05, 4.69) is 23.8 Å². The minimum atomic E-state index is -0.344. The van der Waals surface area contributed by atoms with Crippen LogP contribution in [0, 0.1) is 5.92 Å². The first-order chi connectivity index (χ1) is 14.7. The predicted octanol–water partition coefficient (Wildman–Crippen LogP) is 8.45. The molecule has 3 heteroatoms. The van der Waals surface area contributed by atoms with E-state index in [1.165, 1.54) is 116 Å². The molecule has 0 aromatic heterocycles. The molecule has 0 aromatic carbocycles. The lowest BCUT2D eigenvalue weighted by molar-refractivity contribution is -0.153. The second-order valence-corrected chi connectivity index (χ2v) is 9.19. The molecule has 0 spiro atoms. The summed E-state index contributed by atoms with van der Waals surface area (Å²) in [5.74, 6) is -0.809. The van der Waals surface area contributed by atoms with Crippen molar-refractivity contribution in [3.63, 3.8) is 0 Å². The van der Waals surface area contributed by atoms with Crippen LogP contribution >= 0.6 is 0 Å². The number of ether oxygens (including phenoxy) is 1. The number of allylic oxidation sites excluding steroid dienone is 2. The zero-order chi connectivity index (χ0) is 21.7.